The summed E-state index contributed by atoms with van der Waals surface area (Å²) in [6, 6.07) is 2.18. The van der Waals surface area contributed by atoms with Crippen LogP contribution in [0.5, 0.6) is 0 Å². The molecule has 1 aliphatic heterocycles. The number of hydrogen-bond acceptors (Lipinski definition) is 4. The van der Waals surface area contributed by atoms with Gasteiger partial charge < -0.3 is 10.4 Å². The van der Waals surface area contributed by atoms with E-state index in [0.29, 0.717) is 11.3 Å². The van der Waals surface area contributed by atoms with E-state index >= 15 is 0 Å². The Kier molecular flexibility index (Phi) is 3.82. The van der Waals surface area contributed by atoms with Crippen molar-refractivity contribution in [2.45, 2.75) is 24.3 Å². The molecule has 1 unspecified atom stereocenters. The van der Waals surface area contributed by atoms with E-state index in [-0.39, 0.29) is 28.9 Å². The van der Waals surface area contributed by atoms with E-state index in [2.05, 4.69) is 10.0 Å². The lowest BCUT2D eigenvalue weighted by Crippen LogP contribution is -2.35. The molecule has 0 aromatic heterocycles. The predicted octanol–water partition coefficient (Wildman–Crippen LogP) is 0.494. The van der Waals surface area contributed by atoms with Gasteiger partial charge in [0, 0.05) is 11.7 Å². The topological polar surface area (TPSA) is 95.5 Å². The Morgan fingerprint density at radius 1 is 1.53 bits per heavy atom. The Hall–Kier alpha value is -1.15. The van der Waals surface area contributed by atoms with Crippen molar-refractivity contribution in [3.63, 3.8) is 0 Å². The largest absolute Gasteiger partial charge is 0.395 e. The lowest BCUT2D eigenvalue weighted by molar-refractivity contribution is -0.115. The van der Waals surface area contributed by atoms with Crippen LogP contribution in [0.25, 0.3) is 0 Å². The normalized spacial score (nSPS) is 16.1. The number of anilines is 1. The van der Waals surface area contributed by atoms with Crippen LogP contribution in [-0.4, -0.2) is 32.1 Å². The summed E-state index contributed by atoms with van der Waals surface area (Å²) < 4.78 is 26.5. The first-order chi connectivity index (χ1) is 8.83. The Balaban J connectivity index is 2.41. The molecule has 0 spiro atoms. The van der Waals surface area contributed by atoms with Gasteiger partial charge in [0.15, 0.2) is 0 Å². The molecule has 0 aliphatic carbocycles. The minimum atomic E-state index is -3.82. The number of fused-ring (bicyclic) bond motifs is 1. The quantitative estimate of drug-likeness (QED) is 0.754. The van der Waals surface area contributed by atoms with Gasteiger partial charge in [-0.15, -0.1) is 0 Å². The molecule has 2 rings (SSSR count). The summed E-state index contributed by atoms with van der Waals surface area (Å²) in [5.74, 6) is -0.197. The van der Waals surface area contributed by atoms with Crippen LogP contribution in [0.1, 0.15) is 12.5 Å². The lowest BCUT2D eigenvalue weighted by Gasteiger charge is -2.13. The number of rotatable bonds is 4. The molecule has 1 heterocycles. The first-order valence-electron chi connectivity index (χ1n) is 5.59. The maximum Gasteiger partial charge on any atom is 0.242 e. The number of carbonyl (C=O) groups excluding carboxylic acids is 1. The molecule has 6 nitrogen and oxygen atoms in total. The SMILES string of the molecule is CC(CO)NS(=O)(=O)c1cc2c(cc1Cl)NC(=O)C2. The average molecular weight is 305 g/mol. The van der Waals surface area contributed by atoms with Crippen molar-refractivity contribution in [1.82, 2.24) is 4.72 Å². The minimum Gasteiger partial charge on any atom is -0.395 e. The average Bonchev–Trinajstić information content (AvgIpc) is 2.66. The summed E-state index contributed by atoms with van der Waals surface area (Å²) in [5.41, 5.74) is 1.12. The van der Waals surface area contributed by atoms with Crippen LogP contribution in [0.4, 0.5) is 5.69 Å². The number of halogens is 1. The Labute approximate surface area is 115 Å². The van der Waals surface area contributed by atoms with E-state index < -0.39 is 16.1 Å². The number of nitrogens with one attached hydrogen (secondary N) is 2. The zero-order valence-corrected chi connectivity index (χ0v) is 11.7. The number of aliphatic hydroxyl groups excluding tert-OH is 1. The second-order valence-corrected chi connectivity index (χ2v) is 6.46. The zero-order chi connectivity index (χ0) is 14.2. The van der Waals surface area contributed by atoms with Gasteiger partial charge in [-0.1, -0.05) is 11.6 Å². The molecule has 0 radical (unpaired) electrons. The van der Waals surface area contributed by atoms with E-state index in [1.807, 2.05) is 0 Å². The van der Waals surface area contributed by atoms with Crippen molar-refractivity contribution < 1.29 is 18.3 Å². The Morgan fingerprint density at radius 3 is 2.84 bits per heavy atom. The Morgan fingerprint density at radius 2 is 2.21 bits per heavy atom. The van der Waals surface area contributed by atoms with Gasteiger partial charge in [-0.25, -0.2) is 13.1 Å². The lowest BCUT2D eigenvalue weighted by atomic mass is 10.2. The highest BCUT2D eigenvalue weighted by molar-refractivity contribution is 7.89. The molecular weight excluding hydrogens is 292 g/mol. The van der Waals surface area contributed by atoms with Crippen LogP contribution in [0.2, 0.25) is 5.02 Å². The number of hydrogen-bond donors (Lipinski definition) is 3. The van der Waals surface area contributed by atoms with Crippen LogP contribution >= 0.6 is 11.6 Å². The van der Waals surface area contributed by atoms with Gasteiger partial charge in [-0.05, 0) is 24.6 Å². The molecule has 8 heteroatoms. The predicted molar refractivity (Wildman–Crippen MR) is 70.7 cm³/mol. The van der Waals surface area contributed by atoms with Gasteiger partial charge in [0.1, 0.15) is 4.90 Å². The number of benzene rings is 1. The molecule has 19 heavy (non-hydrogen) atoms. The maximum absolute atomic E-state index is 12.1. The highest BCUT2D eigenvalue weighted by Gasteiger charge is 2.25. The fourth-order valence-corrected chi connectivity index (χ4v) is 3.61. The summed E-state index contributed by atoms with van der Waals surface area (Å²) >= 11 is 5.93. The number of aliphatic hydroxyl groups is 1. The van der Waals surface area contributed by atoms with Crippen LogP contribution in [0, 0.1) is 0 Å². The van der Waals surface area contributed by atoms with Crippen LogP contribution in [-0.2, 0) is 21.2 Å². The van der Waals surface area contributed by atoms with Crippen molar-refractivity contribution in [3.05, 3.63) is 22.7 Å². The van der Waals surface area contributed by atoms with Crippen LogP contribution in [0.15, 0.2) is 17.0 Å². The number of carbonyl (C=O) groups is 1. The van der Waals surface area contributed by atoms with Gasteiger partial charge in [-0.2, -0.15) is 0 Å². The molecule has 1 amide bonds. The van der Waals surface area contributed by atoms with Crippen molar-refractivity contribution >= 4 is 33.2 Å². The highest BCUT2D eigenvalue weighted by atomic mass is 35.5. The number of sulfonamides is 1. The van der Waals surface area contributed by atoms with E-state index in [1.165, 1.54) is 19.1 Å². The highest BCUT2D eigenvalue weighted by Crippen LogP contribution is 2.32. The molecule has 0 saturated heterocycles. The van der Waals surface area contributed by atoms with Gasteiger partial charge in [0.25, 0.3) is 0 Å². The van der Waals surface area contributed by atoms with Crippen molar-refractivity contribution in [2.24, 2.45) is 0 Å². The van der Waals surface area contributed by atoms with E-state index in [9.17, 15) is 13.2 Å². The van der Waals surface area contributed by atoms with E-state index in [1.54, 1.807) is 0 Å². The standard InChI is InChI=1S/C11H13ClN2O4S/c1-6(5-15)14-19(17,18)10-2-7-3-11(16)13-9(7)4-8(10)12/h2,4,6,14-15H,3,5H2,1H3,(H,13,16). The first kappa shape index (κ1) is 14.3. The molecule has 1 aliphatic rings. The fourth-order valence-electron chi connectivity index (χ4n) is 1.80. The second kappa shape index (κ2) is 5.09. The fraction of sp³-hybridized carbons (Fsp3) is 0.364. The first-order valence-corrected chi connectivity index (χ1v) is 7.45. The third kappa shape index (κ3) is 2.89. The van der Waals surface area contributed by atoms with Gasteiger partial charge >= 0.3 is 0 Å². The van der Waals surface area contributed by atoms with Crippen molar-refractivity contribution in [1.29, 1.82) is 0 Å². The summed E-state index contributed by atoms with van der Waals surface area (Å²) in [5, 5.41) is 11.5. The van der Waals surface area contributed by atoms with E-state index in [4.69, 9.17) is 16.7 Å². The molecule has 3 N–H and O–H groups in total. The number of amides is 1. The molecule has 104 valence electrons. The Bertz CT molecular complexity index is 630. The maximum atomic E-state index is 12.1. The smallest absolute Gasteiger partial charge is 0.242 e. The molecule has 1 aromatic rings. The molecule has 0 saturated carbocycles. The summed E-state index contributed by atoms with van der Waals surface area (Å²) in [4.78, 5) is 11.2. The molecular formula is C11H13ClN2O4S. The third-order valence-corrected chi connectivity index (χ3v) is 4.76. The van der Waals surface area contributed by atoms with E-state index in [0.717, 1.165) is 0 Å². The minimum absolute atomic E-state index is 0.0265. The van der Waals surface area contributed by atoms with Crippen LogP contribution < -0.4 is 10.0 Å². The molecule has 0 fully saturated rings. The van der Waals surface area contributed by atoms with Gasteiger partial charge in [-0.3, -0.25) is 4.79 Å². The van der Waals surface area contributed by atoms with Gasteiger partial charge in [0.05, 0.1) is 18.1 Å². The van der Waals surface area contributed by atoms with Crippen molar-refractivity contribution in [3.8, 4) is 0 Å². The summed E-state index contributed by atoms with van der Waals surface area (Å²) in [6.45, 7) is 1.21. The molecule has 1 atom stereocenters. The van der Waals surface area contributed by atoms with Crippen LogP contribution in [0.3, 0.4) is 0 Å². The zero-order valence-electron chi connectivity index (χ0n) is 10.1. The summed E-state index contributed by atoms with van der Waals surface area (Å²) in [7, 11) is -3.82. The van der Waals surface area contributed by atoms with Gasteiger partial charge in [0.2, 0.25) is 15.9 Å². The molecule has 0 bridgehead atoms. The second-order valence-electron chi connectivity index (χ2n) is 4.37. The summed E-state index contributed by atoms with van der Waals surface area (Å²) in [6.07, 6.45) is 0.130. The van der Waals surface area contributed by atoms with Crippen molar-refractivity contribution in [2.75, 3.05) is 11.9 Å². The molecule has 1 aromatic carbocycles. The third-order valence-electron chi connectivity index (χ3n) is 2.70. The monoisotopic (exact) mass is 304 g/mol.